The maximum absolute atomic E-state index is 11.9. The number of fused-ring (bicyclic) bond motifs is 1. The van der Waals surface area contributed by atoms with E-state index in [4.69, 9.17) is 30.5 Å². The SMILES string of the molecule is CO[C@]1(COP(=O)(O)O)O[C@@H](n2cnc3c(=O)[nH]c(N)nc32)C(N=[N+]=[N-])[C@@H]1O. The van der Waals surface area contributed by atoms with Crippen LogP contribution in [0.4, 0.5) is 5.95 Å². The molecule has 17 heteroatoms. The molecule has 16 nitrogen and oxygen atoms in total. The summed E-state index contributed by atoms with van der Waals surface area (Å²) in [7, 11) is -3.84. The Morgan fingerprint density at radius 1 is 1.61 bits per heavy atom. The molecule has 1 fully saturated rings. The third-order valence-electron chi connectivity index (χ3n) is 4.08. The minimum Gasteiger partial charge on any atom is -0.387 e. The van der Waals surface area contributed by atoms with Gasteiger partial charge in [0.1, 0.15) is 18.8 Å². The standard InChI is InChI=1S/C11H15N8O8P/c1-25-11(2-26-28(22,23)24)6(20)4(17-18-13)9(27-11)19-3-14-5-7(19)15-10(12)16-8(5)21/h3-4,6,9,20H,2H2,1H3,(H2,22,23,24)(H3,12,15,16,21)/t4?,6-,9+,11+/m0/s1. The van der Waals surface area contributed by atoms with Crippen LogP contribution in [0.5, 0.6) is 0 Å². The number of aliphatic hydroxyl groups excluding tert-OH is 1. The number of azide groups is 1. The highest BCUT2D eigenvalue weighted by molar-refractivity contribution is 7.46. The minimum atomic E-state index is -4.94. The molecule has 0 radical (unpaired) electrons. The summed E-state index contributed by atoms with van der Waals surface area (Å²) in [5.74, 6) is -2.32. The van der Waals surface area contributed by atoms with Gasteiger partial charge in [0.25, 0.3) is 5.56 Å². The van der Waals surface area contributed by atoms with Gasteiger partial charge in [0.2, 0.25) is 11.7 Å². The number of anilines is 1. The van der Waals surface area contributed by atoms with Crippen molar-refractivity contribution in [3.8, 4) is 0 Å². The van der Waals surface area contributed by atoms with Crippen LogP contribution in [0.2, 0.25) is 0 Å². The summed E-state index contributed by atoms with van der Waals surface area (Å²) in [6, 6.07) is -1.36. The first-order valence-electron chi connectivity index (χ1n) is 7.49. The molecular weight excluding hydrogens is 403 g/mol. The summed E-state index contributed by atoms with van der Waals surface area (Å²) in [5.41, 5.74) is 13.6. The highest BCUT2D eigenvalue weighted by Gasteiger charge is 2.57. The van der Waals surface area contributed by atoms with Crippen LogP contribution >= 0.6 is 7.82 Å². The van der Waals surface area contributed by atoms with Crippen LogP contribution in [0.1, 0.15) is 6.23 Å². The van der Waals surface area contributed by atoms with E-state index in [-0.39, 0.29) is 17.1 Å². The number of aromatic nitrogens is 4. The van der Waals surface area contributed by atoms with E-state index in [0.717, 1.165) is 13.4 Å². The Hall–Kier alpha value is -2.55. The second-order valence-corrected chi connectivity index (χ2v) is 6.94. The number of phosphoric ester groups is 1. The van der Waals surface area contributed by atoms with Crippen LogP contribution in [0.15, 0.2) is 16.2 Å². The molecule has 0 saturated carbocycles. The van der Waals surface area contributed by atoms with E-state index in [1.54, 1.807) is 0 Å². The third-order valence-corrected chi connectivity index (χ3v) is 4.54. The van der Waals surface area contributed by atoms with Crippen LogP contribution in [0.3, 0.4) is 0 Å². The van der Waals surface area contributed by atoms with Crippen LogP contribution in [-0.2, 0) is 18.6 Å². The number of nitrogens with one attached hydrogen (secondary N) is 1. The number of ether oxygens (including phenoxy) is 2. The molecule has 1 aliphatic heterocycles. The number of hydrogen-bond donors (Lipinski definition) is 5. The largest absolute Gasteiger partial charge is 0.469 e. The molecule has 0 aromatic carbocycles. The summed E-state index contributed by atoms with van der Waals surface area (Å²) in [6.07, 6.45) is -1.88. The van der Waals surface area contributed by atoms with Crippen LogP contribution in [0, 0.1) is 0 Å². The average Bonchev–Trinajstić information content (AvgIpc) is 3.14. The van der Waals surface area contributed by atoms with Gasteiger partial charge in [-0.05, 0) is 5.53 Å². The van der Waals surface area contributed by atoms with Crippen LogP contribution in [-0.4, -0.2) is 66.1 Å². The predicted octanol–water partition coefficient (Wildman–Crippen LogP) is -1.28. The fraction of sp³-hybridized carbons (Fsp3) is 0.545. The summed E-state index contributed by atoms with van der Waals surface area (Å²) in [6.45, 7) is -0.897. The lowest BCUT2D eigenvalue weighted by atomic mass is 10.1. The molecule has 1 saturated heterocycles. The first-order chi connectivity index (χ1) is 13.1. The number of methoxy groups -OCH3 is 1. The van der Waals surface area contributed by atoms with E-state index in [2.05, 4.69) is 29.5 Å². The number of H-pyrrole nitrogens is 1. The number of phosphoric acid groups is 1. The summed E-state index contributed by atoms with van der Waals surface area (Å²) >= 11 is 0. The molecule has 2 aromatic heterocycles. The van der Waals surface area contributed by atoms with Crippen molar-refractivity contribution in [3.63, 3.8) is 0 Å². The maximum Gasteiger partial charge on any atom is 0.469 e. The Balaban J connectivity index is 2.08. The first kappa shape index (κ1) is 20.2. The molecule has 0 bridgehead atoms. The Bertz CT molecular complexity index is 1040. The van der Waals surface area contributed by atoms with E-state index in [1.165, 1.54) is 4.57 Å². The monoisotopic (exact) mass is 418 g/mol. The number of rotatable bonds is 6. The lowest BCUT2D eigenvalue weighted by Gasteiger charge is -2.30. The lowest BCUT2D eigenvalue weighted by Crippen LogP contribution is -2.48. The zero-order valence-electron chi connectivity index (χ0n) is 14.1. The van der Waals surface area contributed by atoms with Gasteiger partial charge in [0.05, 0.1) is 6.33 Å². The summed E-state index contributed by atoms with van der Waals surface area (Å²) in [4.78, 5) is 42.5. The molecule has 3 rings (SSSR count). The van der Waals surface area contributed by atoms with Crippen molar-refractivity contribution in [1.82, 2.24) is 19.5 Å². The van der Waals surface area contributed by atoms with Gasteiger partial charge < -0.3 is 30.1 Å². The Morgan fingerprint density at radius 3 is 2.93 bits per heavy atom. The molecule has 1 unspecified atom stereocenters. The zero-order valence-corrected chi connectivity index (χ0v) is 15.0. The zero-order chi connectivity index (χ0) is 20.7. The normalized spacial score (nSPS) is 27.8. The van der Waals surface area contributed by atoms with Gasteiger partial charge in [-0.1, -0.05) is 5.11 Å². The number of imidazole rings is 1. The Morgan fingerprint density at radius 2 is 2.32 bits per heavy atom. The van der Waals surface area contributed by atoms with Crippen LogP contribution in [0.25, 0.3) is 21.6 Å². The van der Waals surface area contributed by atoms with Gasteiger partial charge in [0.15, 0.2) is 17.4 Å². The van der Waals surface area contributed by atoms with E-state index >= 15 is 0 Å². The van der Waals surface area contributed by atoms with Crippen molar-refractivity contribution in [2.45, 2.75) is 24.2 Å². The molecule has 152 valence electrons. The Kier molecular flexibility index (Phi) is 5.14. The van der Waals surface area contributed by atoms with E-state index < -0.39 is 44.1 Å². The van der Waals surface area contributed by atoms with Crippen LogP contribution < -0.4 is 11.3 Å². The molecule has 0 amide bonds. The molecule has 2 aromatic rings. The van der Waals surface area contributed by atoms with Gasteiger partial charge in [0, 0.05) is 12.0 Å². The van der Waals surface area contributed by atoms with Gasteiger partial charge in [-0.3, -0.25) is 18.9 Å². The molecule has 0 spiro atoms. The van der Waals surface area contributed by atoms with Crippen molar-refractivity contribution in [3.05, 3.63) is 27.1 Å². The smallest absolute Gasteiger partial charge is 0.387 e. The van der Waals surface area contributed by atoms with Crippen molar-refractivity contribution < 1.29 is 33.5 Å². The summed E-state index contributed by atoms with van der Waals surface area (Å²) in [5, 5.41) is 14.0. The molecule has 4 atom stereocenters. The lowest BCUT2D eigenvalue weighted by molar-refractivity contribution is -0.266. The van der Waals surface area contributed by atoms with E-state index in [1.807, 2.05) is 0 Å². The van der Waals surface area contributed by atoms with Crippen molar-refractivity contribution in [2.75, 3.05) is 19.5 Å². The fourth-order valence-corrected chi connectivity index (χ4v) is 3.16. The van der Waals surface area contributed by atoms with Crippen molar-refractivity contribution >= 4 is 24.9 Å². The van der Waals surface area contributed by atoms with Gasteiger partial charge in [-0.2, -0.15) is 4.98 Å². The number of aromatic amines is 1. The molecule has 1 aliphatic rings. The number of nitrogen functional groups attached to an aromatic ring is 1. The Labute approximate surface area is 154 Å². The third kappa shape index (κ3) is 3.46. The highest BCUT2D eigenvalue weighted by Crippen LogP contribution is 2.44. The predicted molar refractivity (Wildman–Crippen MR) is 89.4 cm³/mol. The molecule has 0 aliphatic carbocycles. The summed E-state index contributed by atoms with van der Waals surface area (Å²) < 4.78 is 27.3. The van der Waals surface area contributed by atoms with Crippen molar-refractivity contribution in [1.29, 1.82) is 0 Å². The number of aliphatic hydroxyl groups is 1. The molecule has 28 heavy (non-hydrogen) atoms. The van der Waals surface area contributed by atoms with Crippen molar-refractivity contribution in [2.24, 2.45) is 5.11 Å². The van der Waals surface area contributed by atoms with Gasteiger partial charge in [-0.15, -0.1) is 0 Å². The number of nitrogens with two attached hydrogens (primary N) is 1. The second kappa shape index (κ2) is 7.12. The van der Waals surface area contributed by atoms with E-state index in [0.29, 0.717) is 0 Å². The highest BCUT2D eigenvalue weighted by atomic mass is 31.2. The molecular formula is C11H15N8O8P. The maximum atomic E-state index is 11.9. The quantitative estimate of drug-likeness (QED) is 0.160. The number of hydrogen-bond acceptors (Lipinski definition) is 10. The van der Waals surface area contributed by atoms with E-state index in [9.17, 15) is 14.5 Å². The minimum absolute atomic E-state index is 0.0422. The number of nitrogens with zero attached hydrogens (tertiary/aromatic N) is 6. The topological polar surface area (TPSA) is 244 Å². The fourth-order valence-electron chi connectivity index (χ4n) is 2.81. The molecule has 3 heterocycles. The molecule has 6 N–H and O–H groups in total. The second-order valence-electron chi connectivity index (χ2n) is 5.70. The average molecular weight is 418 g/mol. The van der Waals surface area contributed by atoms with Gasteiger partial charge >= 0.3 is 7.82 Å². The first-order valence-corrected chi connectivity index (χ1v) is 9.02. The van der Waals surface area contributed by atoms with Gasteiger partial charge in [-0.25, -0.2) is 9.55 Å².